The maximum atomic E-state index is 5.25. The zero-order chi connectivity index (χ0) is 9.10. The van der Waals surface area contributed by atoms with Gasteiger partial charge in [-0.3, -0.25) is 5.10 Å². The highest BCUT2D eigenvalue weighted by Crippen LogP contribution is 2.17. The summed E-state index contributed by atoms with van der Waals surface area (Å²) in [7, 11) is 0. The van der Waals surface area contributed by atoms with Crippen LogP contribution in [0.5, 0.6) is 0 Å². The molecule has 0 atom stereocenters. The molecular weight excluding hydrogens is 160 g/mol. The number of aromatic amines is 1. The van der Waals surface area contributed by atoms with Gasteiger partial charge in [0, 0.05) is 17.3 Å². The fourth-order valence-electron chi connectivity index (χ4n) is 1.17. The number of aromatic nitrogens is 2. The first-order chi connectivity index (χ1) is 6.40. The standard InChI is InChI=1S/C11H8N2/c1-2-9-3-5-10(6-4-9)11-7-12-13-8-11/h1,3-8H,(H,12,13). The molecule has 0 aliphatic carbocycles. The third kappa shape index (κ3) is 1.45. The zero-order valence-corrected chi connectivity index (χ0v) is 6.99. The van der Waals surface area contributed by atoms with Crippen LogP contribution in [-0.4, -0.2) is 10.2 Å². The van der Waals surface area contributed by atoms with Gasteiger partial charge in [0.05, 0.1) is 6.20 Å². The van der Waals surface area contributed by atoms with Crippen LogP contribution in [0.4, 0.5) is 0 Å². The van der Waals surface area contributed by atoms with E-state index in [2.05, 4.69) is 16.1 Å². The van der Waals surface area contributed by atoms with Crippen molar-refractivity contribution in [3.63, 3.8) is 0 Å². The van der Waals surface area contributed by atoms with E-state index in [4.69, 9.17) is 6.42 Å². The van der Waals surface area contributed by atoms with Crippen LogP contribution in [0.2, 0.25) is 0 Å². The van der Waals surface area contributed by atoms with Gasteiger partial charge in [0.1, 0.15) is 0 Å². The average Bonchev–Trinajstić information content (AvgIpc) is 2.71. The quantitative estimate of drug-likeness (QED) is 0.649. The van der Waals surface area contributed by atoms with Crippen LogP contribution in [0, 0.1) is 12.3 Å². The van der Waals surface area contributed by atoms with Gasteiger partial charge in [-0.05, 0) is 17.7 Å². The largest absolute Gasteiger partial charge is 0.285 e. The second kappa shape index (κ2) is 3.16. The number of hydrogen-bond acceptors (Lipinski definition) is 1. The van der Waals surface area contributed by atoms with Gasteiger partial charge in [-0.15, -0.1) is 6.42 Å². The normalized spacial score (nSPS) is 9.46. The summed E-state index contributed by atoms with van der Waals surface area (Å²) in [5.74, 6) is 2.58. The van der Waals surface area contributed by atoms with E-state index >= 15 is 0 Å². The fourth-order valence-corrected chi connectivity index (χ4v) is 1.17. The highest BCUT2D eigenvalue weighted by molar-refractivity contribution is 5.62. The number of terminal acetylenes is 1. The molecule has 0 aliphatic rings. The molecule has 0 saturated heterocycles. The Balaban J connectivity index is 2.40. The maximum absolute atomic E-state index is 5.25. The van der Waals surface area contributed by atoms with Gasteiger partial charge in [0.2, 0.25) is 0 Å². The monoisotopic (exact) mass is 168 g/mol. The highest BCUT2D eigenvalue weighted by atomic mass is 15.1. The maximum Gasteiger partial charge on any atom is 0.0565 e. The van der Waals surface area contributed by atoms with Gasteiger partial charge in [0.25, 0.3) is 0 Å². The van der Waals surface area contributed by atoms with Crippen molar-refractivity contribution in [3.8, 4) is 23.5 Å². The molecule has 0 aliphatic heterocycles. The molecule has 0 amide bonds. The van der Waals surface area contributed by atoms with E-state index in [1.165, 1.54) is 0 Å². The molecule has 1 aromatic carbocycles. The predicted octanol–water partition coefficient (Wildman–Crippen LogP) is 2.06. The van der Waals surface area contributed by atoms with Crippen LogP contribution in [0.1, 0.15) is 5.56 Å². The van der Waals surface area contributed by atoms with E-state index in [0.717, 1.165) is 16.7 Å². The van der Waals surface area contributed by atoms with Gasteiger partial charge in [-0.1, -0.05) is 18.1 Å². The van der Waals surface area contributed by atoms with E-state index in [1.54, 1.807) is 6.20 Å². The minimum absolute atomic E-state index is 0.896. The summed E-state index contributed by atoms with van der Waals surface area (Å²) in [5, 5.41) is 6.64. The Hall–Kier alpha value is -2.01. The summed E-state index contributed by atoms with van der Waals surface area (Å²) in [5.41, 5.74) is 3.09. The van der Waals surface area contributed by atoms with Crippen molar-refractivity contribution in [1.82, 2.24) is 10.2 Å². The van der Waals surface area contributed by atoms with Gasteiger partial charge in [-0.2, -0.15) is 5.10 Å². The molecule has 0 unspecified atom stereocenters. The zero-order valence-electron chi connectivity index (χ0n) is 6.99. The Morgan fingerprint density at radius 2 is 1.92 bits per heavy atom. The highest BCUT2D eigenvalue weighted by Gasteiger charge is 1.96. The number of hydrogen-bond donors (Lipinski definition) is 1. The summed E-state index contributed by atoms with van der Waals surface area (Å²) in [6.07, 6.45) is 8.88. The molecule has 0 bridgehead atoms. The molecule has 1 N–H and O–H groups in total. The second-order valence-corrected chi connectivity index (χ2v) is 2.71. The molecule has 0 radical (unpaired) electrons. The van der Waals surface area contributed by atoms with E-state index in [9.17, 15) is 0 Å². The Morgan fingerprint density at radius 3 is 2.46 bits per heavy atom. The summed E-state index contributed by atoms with van der Waals surface area (Å²) >= 11 is 0. The van der Waals surface area contributed by atoms with Gasteiger partial charge in [0.15, 0.2) is 0 Å². The molecule has 2 rings (SSSR count). The molecule has 2 nitrogen and oxygen atoms in total. The first-order valence-electron chi connectivity index (χ1n) is 3.96. The minimum Gasteiger partial charge on any atom is -0.285 e. The van der Waals surface area contributed by atoms with Crippen LogP contribution in [0.25, 0.3) is 11.1 Å². The minimum atomic E-state index is 0.896. The lowest BCUT2D eigenvalue weighted by Crippen LogP contribution is -1.75. The van der Waals surface area contributed by atoms with Crippen molar-refractivity contribution < 1.29 is 0 Å². The summed E-state index contributed by atoms with van der Waals surface area (Å²) in [6, 6.07) is 7.81. The number of nitrogens with zero attached hydrogens (tertiary/aromatic N) is 1. The lowest BCUT2D eigenvalue weighted by Gasteiger charge is -1.95. The summed E-state index contributed by atoms with van der Waals surface area (Å²) < 4.78 is 0. The van der Waals surface area contributed by atoms with Crippen molar-refractivity contribution in [3.05, 3.63) is 42.2 Å². The van der Waals surface area contributed by atoms with Crippen LogP contribution in [-0.2, 0) is 0 Å². The third-order valence-electron chi connectivity index (χ3n) is 1.88. The van der Waals surface area contributed by atoms with Gasteiger partial charge >= 0.3 is 0 Å². The molecule has 13 heavy (non-hydrogen) atoms. The lowest BCUT2D eigenvalue weighted by atomic mass is 10.1. The molecule has 0 saturated carbocycles. The summed E-state index contributed by atoms with van der Waals surface area (Å²) in [4.78, 5) is 0. The Bertz CT molecular complexity index is 418. The van der Waals surface area contributed by atoms with Crippen molar-refractivity contribution in [2.45, 2.75) is 0 Å². The molecule has 2 aromatic rings. The van der Waals surface area contributed by atoms with Gasteiger partial charge in [-0.25, -0.2) is 0 Å². The molecule has 2 heteroatoms. The number of nitrogens with one attached hydrogen (secondary N) is 1. The first kappa shape index (κ1) is 7.63. The average molecular weight is 168 g/mol. The van der Waals surface area contributed by atoms with Crippen LogP contribution < -0.4 is 0 Å². The van der Waals surface area contributed by atoms with E-state index in [-0.39, 0.29) is 0 Å². The first-order valence-corrected chi connectivity index (χ1v) is 3.96. The number of rotatable bonds is 1. The van der Waals surface area contributed by atoms with Crippen molar-refractivity contribution in [2.75, 3.05) is 0 Å². The lowest BCUT2D eigenvalue weighted by molar-refractivity contribution is 1.09. The predicted molar refractivity (Wildman–Crippen MR) is 52.0 cm³/mol. The molecule has 1 aromatic heterocycles. The van der Waals surface area contributed by atoms with E-state index in [1.807, 2.05) is 30.5 Å². The Labute approximate surface area is 76.6 Å². The fraction of sp³-hybridized carbons (Fsp3) is 0. The van der Waals surface area contributed by atoms with Crippen LogP contribution >= 0.6 is 0 Å². The van der Waals surface area contributed by atoms with Crippen LogP contribution in [0.15, 0.2) is 36.7 Å². The number of benzene rings is 1. The van der Waals surface area contributed by atoms with Gasteiger partial charge < -0.3 is 0 Å². The van der Waals surface area contributed by atoms with Crippen molar-refractivity contribution in [2.24, 2.45) is 0 Å². The van der Waals surface area contributed by atoms with E-state index < -0.39 is 0 Å². The second-order valence-electron chi connectivity index (χ2n) is 2.71. The molecule has 62 valence electrons. The van der Waals surface area contributed by atoms with Crippen LogP contribution in [0.3, 0.4) is 0 Å². The Morgan fingerprint density at radius 1 is 1.15 bits per heavy atom. The van der Waals surface area contributed by atoms with Crippen molar-refractivity contribution in [1.29, 1.82) is 0 Å². The molecule has 1 heterocycles. The molecule has 0 spiro atoms. The smallest absolute Gasteiger partial charge is 0.0565 e. The summed E-state index contributed by atoms with van der Waals surface area (Å²) in [6.45, 7) is 0. The topological polar surface area (TPSA) is 28.7 Å². The Kier molecular flexibility index (Phi) is 1.85. The molecular formula is C11H8N2. The molecule has 0 fully saturated rings. The van der Waals surface area contributed by atoms with Crippen molar-refractivity contribution >= 4 is 0 Å². The third-order valence-corrected chi connectivity index (χ3v) is 1.88. The van der Waals surface area contributed by atoms with E-state index in [0.29, 0.717) is 0 Å². The number of H-pyrrole nitrogens is 1. The SMILES string of the molecule is C#Cc1ccc(-c2cn[nH]c2)cc1.